The maximum atomic E-state index is 5.86. The molecule has 0 aliphatic carbocycles. The number of hydrogen-bond donors (Lipinski definition) is 3. The van der Waals surface area contributed by atoms with Crippen molar-refractivity contribution in [3.05, 3.63) is 65.4 Å². The fourth-order valence-corrected chi connectivity index (χ4v) is 2.38. The van der Waals surface area contributed by atoms with Gasteiger partial charge >= 0.3 is 0 Å². The van der Waals surface area contributed by atoms with Crippen LogP contribution in [0.5, 0.6) is 0 Å². The first kappa shape index (κ1) is 15.8. The number of nitrogens with zero attached hydrogens (tertiary/aromatic N) is 2. The van der Waals surface area contributed by atoms with Gasteiger partial charge in [0, 0.05) is 28.8 Å². The minimum absolute atomic E-state index is 0.532. The van der Waals surface area contributed by atoms with Crippen LogP contribution in [0.25, 0.3) is 0 Å². The van der Waals surface area contributed by atoms with Crippen LogP contribution in [0, 0.1) is 20.8 Å². The molecule has 24 heavy (non-hydrogen) atoms. The second-order valence-electron chi connectivity index (χ2n) is 5.92. The third-order valence-electron chi connectivity index (χ3n) is 3.76. The van der Waals surface area contributed by atoms with E-state index in [4.69, 9.17) is 5.73 Å². The van der Waals surface area contributed by atoms with E-state index < -0.39 is 0 Å². The summed E-state index contributed by atoms with van der Waals surface area (Å²) in [6.07, 6.45) is 1.80. The van der Waals surface area contributed by atoms with Crippen molar-refractivity contribution in [2.24, 2.45) is 0 Å². The summed E-state index contributed by atoms with van der Waals surface area (Å²) in [5.74, 6) is 1.31. The molecule has 0 spiro atoms. The molecule has 5 nitrogen and oxygen atoms in total. The molecule has 3 rings (SSSR count). The van der Waals surface area contributed by atoms with E-state index in [1.54, 1.807) is 6.20 Å². The largest absolute Gasteiger partial charge is 0.399 e. The molecular formula is C19H21N5. The van der Waals surface area contributed by atoms with E-state index in [0.717, 1.165) is 28.3 Å². The van der Waals surface area contributed by atoms with E-state index in [0.29, 0.717) is 11.6 Å². The first-order valence-electron chi connectivity index (χ1n) is 7.82. The topological polar surface area (TPSA) is 75.9 Å². The number of anilines is 5. The number of aromatic nitrogens is 2. The molecule has 4 N–H and O–H groups in total. The Morgan fingerprint density at radius 3 is 2.54 bits per heavy atom. The average Bonchev–Trinajstić information content (AvgIpc) is 2.54. The molecule has 0 atom stereocenters. The number of aryl methyl sites for hydroxylation is 3. The molecule has 0 amide bonds. The minimum Gasteiger partial charge on any atom is -0.399 e. The number of nitrogens with one attached hydrogen (secondary N) is 2. The van der Waals surface area contributed by atoms with Crippen LogP contribution in [0.3, 0.4) is 0 Å². The predicted octanol–water partition coefficient (Wildman–Crippen LogP) is 4.47. The summed E-state index contributed by atoms with van der Waals surface area (Å²) in [7, 11) is 0. The predicted molar refractivity (Wildman–Crippen MR) is 100 cm³/mol. The lowest BCUT2D eigenvalue weighted by molar-refractivity contribution is 1.13. The smallest absolute Gasteiger partial charge is 0.229 e. The van der Waals surface area contributed by atoms with Crippen LogP contribution < -0.4 is 16.4 Å². The standard InChI is InChI=1S/C19H21N5/c1-12-5-4-6-16(9-12)22-18-14(3)11-21-19(24-18)23-17-10-15(20)8-7-13(17)2/h4-11H,20H2,1-3H3,(H2,21,22,23,24). The van der Waals surface area contributed by atoms with Crippen molar-refractivity contribution in [2.75, 3.05) is 16.4 Å². The van der Waals surface area contributed by atoms with Crippen LogP contribution in [0.4, 0.5) is 28.8 Å². The van der Waals surface area contributed by atoms with Gasteiger partial charge < -0.3 is 16.4 Å². The molecule has 0 aliphatic rings. The fraction of sp³-hybridized carbons (Fsp3) is 0.158. The highest BCUT2D eigenvalue weighted by molar-refractivity contribution is 5.66. The molecule has 5 heteroatoms. The summed E-state index contributed by atoms with van der Waals surface area (Å²) in [6.45, 7) is 6.06. The van der Waals surface area contributed by atoms with Crippen LogP contribution in [-0.2, 0) is 0 Å². The molecule has 3 aromatic rings. The Morgan fingerprint density at radius 2 is 1.75 bits per heavy atom. The lowest BCUT2D eigenvalue weighted by Gasteiger charge is -2.13. The van der Waals surface area contributed by atoms with Crippen LogP contribution in [0.15, 0.2) is 48.7 Å². The average molecular weight is 319 g/mol. The van der Waals surface area contributed by atoms with Gasteiger partial charge in [-0.1, -0.05) is 18.2 Å². The van der Waals surface area contributed by atoms with Gasteiger partial charge in [0.15, 0.2) is 0 Å². The highest BCUT2D eigenvalue weighted by atomic mass is 15.1. The first-order chi connectivity index (χ1) is 11.5. The number of hydrogen-bond acceptors (Lipinski definition) is 5. The molecule has 1 heterocycles. The Kier molecular flexibility index (Phi) is 4.33. The van der Waals surface area contributed by atoms with E-state index in [-0.39, 0.29) is 0 Å². The van der Waals surface area contributed by atoms with Crippen molar-refractivity contribution < 1.29 is 0 Å². The van der Waals surface area contributed by atoms with Crippen molar-refractivity contribution >= 4 is 28.8 Å². The molecule has 122 valence electrons. The molecular weight excluding hydrogens is 298 g/mol. The molecule has 2 aromatic carbocycles. The van der Waals surface area contributed by atoms with Gasteiger partial charge in [-0.15, -0.1) is 0 Å². The van der Waals surface area contributed by atoms with E-state index in [1.807, 2.05) is 44.2 Å². The zero-order valence-electron chi connectivity index (χ0n) is 14.1. The molecule has 0 saturated heterocycles. The Balaban J connectivity index is 1.87. The summed E-state index contributed by atoms with van der Waals surface area (Å²) < 4.78 is 0. The van der Waals surface area contributed by atoms with Gasteiger partial charge in [-0.3, -0.25) is 0 Å². The second-order valence-corrected chi connectivity index (χ2v) is 5.92. The van der Waals surface area contributed by atoms with Crippen LogP contribution in [0.1, 0.15) is 16.7 Å². The molecule has 0 bridgehead atoms. The quantitative estimate of drug-likeness (QED) is 0.619. The van der Waals surface area contributed by atoms with Crippen molar-refractivity contribution in [3.8, 4) is 0 Å². The monoisotopic (exact) mass is 319 g/mol. The Hall–Kier alpha value is -3.08. The first-order valence-corrected chi connectivity index (χ1v) is 7.82. The van der Waals surface area contributed by atoms with Gasteiger partial charge in [0.1, 0.15) is 5.82 Å². The van der Waals surface area contributed by atoms with Gasteiger partial charge in [-0.2, -0.15) is 4.98 Å². The highest BCUT2D eigenvalue weighted by Gasteiger charge is 2.07. The number of nitrogen functional groups attached to an aromatic ring is 1. The lowest BCUT2D eigenvalue weighted by atomic mass is 10.2. The number of rotatable bonds is 4. The minimum atomic E-state index is 0.532. The summed E-state index contributed by atoms with van der Waals surface area (Å²) in [5, 5.41) is 6.58. The third-order valence-corrected chi connectivity index (χ3v) is 3.76. The molecule has 0 saturated carbocycles. The van der Waals surface area contributed by atoms with Crippen LogP contribution in [-0.4, -0.2) is 9.97 Å². The van der Waals surface area contributed by atoms with E-state index in [1.165, 1.54) is 5.56 Å². The highest BCUT2D eigenvalue weighted by Crippen LogP contribution is 2.24. The zero-order valence-corrected chi connectivity index (χ0v) is 14.1. The summed E-state index contributed by atoms with van der Waals surface area (Å²) >= 11 is 0. The molecule has 0 aliphatic heterocycles. The maximum absolute atomic E-state index is 5.86. The zero-order chi connectivity index (χ0) is 17.1. The van der Waals surface area contributed by atoms with Crippen LogP contribution in [0.2, 0.25) is 0 Å². The molecule has 0 radical (unpaired) electrons. The summed E-state index contributed by atoms with van der Waals surface area (Å²) in [6, 6.07) is 13.9. The van der Waals surface area contributed by atoms with E-state index in [9.17, 15) is 0 Å². The Bertz CT molecular complexity index is 873. The van der Waals surface area contributed by atoms with Crippen molar-refractivity contribution in [1.82, 2.24) is 9.97 Å². The van der Waals surface area contributed by atoms with Gasteiger partial charge in [-0.25, -0.2) is 4.98 Å². The number of nitrogens with two attached hydrogens (primary N) is 1. The Labute approximate surface area is 142 Å². The van der Waals surface area contributed by atoms with Gasteiger partial charge in [0.05, 0.1) is 0 Å². The SMILES string of the molecule is Cc1cccc(Nc2nc(Nc3cc(N)ccc3C)ncc2C)c1. The molecule has 0 unspecified atom stereocenters. The van der Waals surface area contributed by atoms with Gasteiger partial charge in [-0.05, 0) is 56.2 Å². The van der Waals surface area contributed by atoms with Crippen LogP contribution >= 0.6 is 0 Å². The van der Waals surface area contributed by atoms with E-state index >= 15 is 0 Å². The van der Waals surface area contributed by atoms with Crippen molar-refractivity contribution in [2.45, 2.75) is 20.8 Å². The maximum Gasteiger partial charge on any atom is 0.229 e. The second kappa shape index (κ2) is 6.58. The normalized spacial score (nSPS) is 10.5. The van der Waals surface area contributed by atoms with Gasteiger partial charge in [0.2, 0.25) is 5.95 Å². The van der Waals surface area contributed by atoms with Gasteiger partial charge in [0.25, 0.3) is 0 Å². The van der Waals surface area contributed by atoms with E-state index in [2.05, 4.69) is 39.7 Å². The van der Waals surface area contributed by atoms with Crippen molar-refractivity contribution in [1.29, 1.82) is 0 Å². The number of benzene rings is 2. The molecule has 1 aromatic heterocycles. The lowest BCUT2D eigenvalue weighted by Crippen LogP contribution is -2.04. The summed E-state index contributed by atoms with van der Waals surface area (Å²) in [4.78, 5) is 8.95. The van der Waals surface area contributed by atoms with Crippen molar-refractivity contribution in [3.63, 3.8) is 0 Å². The third kappa shape index (κ3) is 3.63. The Morgan fingerprint density at radius 1 is 0.917 bits per heavy atom. The fourth-order valence-electron chi connectivity index (χ4n) is 2.38. The summed E-state index contributed by atoms with van der Waals surface area (Å²) in [5.41, 5.74) is 11.7. The molecule has 0 fully saturated rings.